The van der Waals surface area contributed by atoms with Crippen molar-refractivity contribution in [1.29, 1.82) is 0 Å². The summed E-state index contributed by atoms with van der Waals surface area (Å²) in [5, 5.41) is 17.4. The highest BCUT2D eigenvalue weighted by atomic mass is 19.1. The molecule has 172 valence electrons. The molecule has 0 saturated carbocycles. The van der Waals surface area contributed by atoms with Crippen molar-refractivity contribution in [2.75, 3.05) is 5.32 Å². The van der Waals surface area contributed by atoms with Crippen LogP contribution in [-0.4, -0.2) is 29.9 Å². The number of rotatable bonds is 5. The molecule has 0 spiro atoms. The second-order valence-electron chi connectivity index (χ2n) is 8.06. The van der Waals surface area contributed by atoms with E-state index in [1.165, 1.54) is 18.5 Å². The van der Waals surface area contributed by atoms with Crippen LogP contribution in [-0.2, 0) is 6.54 Å². The third kappa shape index (κ3) is 4.05. The summed E-state index contributed by atoms with van der Waals surface area (Å²) in [6, 6.07) is 14.8. The van der Waals surface area contributed by atoms with Crippen LogP contribution in [0.2, 0.25) is 0 Å². The number of hydrogen-bond acceptors (Lipinski definition) is 7. The number of fused-ring (bicyclic) bond motifs is 2. The summed E-state index contributed by atoms with van der Waals surface area (Å²) in [7, 11) is 0. The highest BCUT2D eigenvalue weighted by Crippen LogP contribution is 2.29. The average Bonchev–Trinajstić information content (AvgIpc) is 3.44. The van der Waals surface area contributed by atoms with Crippen molar-refractivity contribution in [3.8, 4) is 11.5 Å². The van der Waals surface area contributed by atoms with Gasteiger partial charge in [-0.3, -0.25) is 4.68 Å². The predicted molar refractivity (Wildman–Crippen MR) is 126 cm³/mol. The Morgan fingerprint density at radius 3 is 2.60 bits per heavy atom. The van der Waals surface area contributed by atoms with Gasteiger partial charge in [0.2, 0.25) is 11.8 Å². The molecule has 0 amide bonds. The third-order valence-corrected chi connectivity index (χ3v) is 5.57. The summed E-state index contributed by atoms with van der Waals surface area (Å²) >= 11 is 0. The molecule has 10 heteroatoms. The number of anilines is 2. The fraction of sp³-hybridized carbons (Fsp3) is 0.0800. The number of aromatic nitrogens is 6. The maximum Gasteiger partial charge on any atom is 0.247 e. The summed E-state index contributed by atoms with van der Waals surface area (Å²) in [5.74, 6) is 0.301. The Bertz CT molecular complexity index is 1690. The van der Waals surface area contributed by atoms with Crippen molar-refractivity contribution in [1.82, 2.24) is 29.9 Å². The molecule has 1 N–H and O–H groups in total. The van der Waals surface area contributed by atoms with E-state index < -0.39 is 11.6 Å². The average molecular weight is 469 g/mol. The zero-order valence-corrected chi connectivity index (χ0v) is 18.4. The van der Waals surface area contributed by atoms with Crippen LogP contribution in [0.3, 0.4) is 0 Å². The predicted octanol–water partition coefficient (Wildman–Crippen LogP) is 5.41. The van der Waals surface area contributed by atoms with Crippen LogP contribution >= 0.6 is 0 Å². The molecule has 0 aliphatic rings. The van der Waals surface area contributed by atoms with E-state index in [9.17, 15) is 8.78 Å². The molecule has 3 heterocycles. The summed E-state index contributed by atoms with van der Waals surface area (Å²) in [4.78, 5) is 8.76. The van der Waals surface area contributed by atoms with E-state index in [2.05, 4.69) is 30.6 Å². The first-order valence-corrected chi connectivity index (χ1v) is 10.7. The third-order valence-electron chi connectivity index (χ3n) is 5.57. The van der Waals surface area contributed by atoms with E-state index >= 15 is 0 Å². The molecule has 0 aliphatic heterocycles. The number of nitrogens with zero attached hydrogens (tertiary/aromatic N) is 6. The summed E-state index contributed by atoms with van der Waals surface area (Å²) in [6.45, 7) is 1.99. The Balaban J connectivity index is 1.31. The highest BCUT2D eigenvalue weighted by Gasteiger charge is 2.12. The fourth-order valence-electron chi connectivity index (χ4n) is 4.01. The zero-order valence-electron chi connectivity index (χ0n) is 18.4. The molecular formula is C25H17F2N7O. The molecule has 8 nitrogen and oxygen atoms in total. The van der Waals surface area contributed by atoms with Gasteiger partial charge in [-0.05, 0) is 54.1 Å². The Morgan fingerprint density at radius 2 is 1.80 bits per heavy atom. The molecule has 0 radical (unpaired) electrons. The van der Waals surface area contributed by atoms with Gasteiger partial charge in [0, 0.05) is 35.0 Å². The first-order valence-electron chi connectivity index (χ1n) is 10.7. The van der Waals surface area contributed by atoms with Crippen molar-refractivity contribution < 1.29 is 13.2 Å². The summed E-state index contributed by atoms with van der Waals surface area (Å²) in [5.41, 5.74) is 3.66. The SMILES string of the molecule is Cc1nnc(-c2ccc3ncnc(Nc4ccc5c(cnn5Cc5cc(F)cc(F)c5)c4)c3c2)o1. The summed E-state index contributed by atoms with van der Waals surface area (Å²) < 4.78 is 34.4. The van der Waals surface area contributed by atoms with Crippen LogP contribution in [0.4, 0.5) is 20.3 Å². The minimum Gasteiger partial charge on any atom is -0.421 e. The number of nitrogens with one attached hydrogen (secondary N) is 1. The highest BCUT2D eigenvalue weighted by molar-refractivity contribution is 5.94. The molecule has 6 aromatic rings. The maximum absolute atomic E-state index is 13.6. The van der Waals surface area contributed by atoms with E-state index in [1.54, 1.807) is 17.8 Å². The number of benzene rings is 3. The minimum absolute atomic E-state index is 0.249. The van der Waals surface area contributed by atoms with Gasteiger partial charge >= 0.3 is 0 Å². The maximum atomic E-state index is 13.6. The normalized spacial score (nSPS) is 11.4. The van der Waals surface area contributed by atoms with Crippen LogP contribution in [0.15, 0.2) is 71.5 Å². The van der Waals surface area contributed by atoms with Crippen LogP contribution in [0, 0.1) is 18.6 Å². The minimum atomic E-state index is -0.614. The molecule has 0 atom stereocenters. The van der Waals surface area contributed by atoms with E-state index in [0.717, 1.165) is 39.1 Å². The standard InChI is InChI=1S/C25H17F2N7O/c1-14-32-33-25(35-14)16-2-4-22-21(9-16)24(29-13-28-22)31-20-3-5-23-17(8-20)11-30-34(23)12-15-6-18(26)10-19(27)7-15/h2-11,13H,12H2,1H3,(H,28,29,31). The lowest BCUT2D eigenvalue weighted by Crippen LogP contribution is -2.02. The zero-order chi connectivity index (χ0) is 23.9. The van der Waals surface area contributed by atoms with Crippen LogP contribution in [0.25, 0.3) is 33.3 Å². The van der Waals surface area contributed by atoms with Crippen LogP contribution in [0.5, 0.6) is 0 Å². The van der Waals surface area contributed by atoms with Crippen LogP contribution < -0.4 is 5.32 Å². The summed E-state index contributed by atoms with van der Waals surface area (Å²) in [6.07, 6.45) is 3.21. The van der Waals surface area contributed by atoms with Crippen molar-refractivity contribution >= 4 is 33.3 Å². The van der Waals surface area contributed by atoms with E-state index in [1.807, 2.05) is 36.4 Å². The van der Waals surface area contributed by atoms with Crippen molar-refractivity contribution in [3.63, 3.8) is 0 Å². The first kappa shape index (κ1) is 20.8. The molecule has 0 saturated heterocycles. The van der Waals surface area contributed by atoms with Gasteiger partial charge in [0.05, 0.1) is 23.8 Å². The lowest BCUT2D eigenvalue weighted by atomic mass is 10.1. The molecule has 3 aromatic heterocycles. The topological polar surface area (TPSA) is 94.5 Å². The molecule has 0 bridgehead atoms. The molecule has 0 fully saturated rings. The van der Waals surface area contributed by atoms with Crippen molar-refractivity contribution in [2.45, 2.75) is 13.5 Å². The van der Waals surface area contributed by atoms with Gasteiger partial charge in [-0.1, -0.05) is 0 Å². The van der Waals surface area contributed by atoms with Crippen molar-refractivity contribution in [2.24, 2.45) is 0 Å². The van der Waals surface area contributed by atoms with Gasteiger partial charge in [0.15, 0.2) is 0 Å². The molecule has 0 aliphatic carbocycles. The number of halogens is 2. The van der Waals surface area contributed by atoms with Gasteiger partial charge in [-0.25, -0.2) is 18.7 Å². The smallest absolute Gasteiger partial charge is 0.247 e. The monoisotopic (exact) mass is 469 g/mol. The largest absolute Gasteiger partial charge is 0.421 e. The van der Waals surface area contributed by atoms with Gasteiger partial charge in [0.25, 0.3) is 0 Å². The van der Waals surface area contributed by atoms with Crippen molar-refractivity contribution in [3.05, 3.63) is 90.2 Å². The van der Waals surface area contributed by atoms with E-state index in [0.29, 0.717) is 23.2 Å². The molecule has 3 aromatic carbocycles. The first-order chi connectivity index (χ1) is 17.0. The van der Waals surface area contributed by atoms with Gasteiger partial charge < -0.3 is 9.73 Å². The second-order valence-corrected chi connectivity index (χ2v) is 8.06. The van der Waals surface area contributed by atoms with Gasteiger partial charge in [0.1, 0.15) is 23.8 Å². The molecule has 0 unspecified atom stereocenters. The molecular weight excluding hydrogens is 452 g/mol. The van der Waals surface area contributed by atoms with Gasteiger partial charge in [-0.2, -0.15) is 5.10 Å². The Labute approximate surface area is 197 Å². The molecule has 6 rings (SSSR count). The molecule has 35 heavy (non-hydrogen) atoms. The van der Waals surface area contributed by atoms with E-state index in [-0.39, 0.29) is 6.54 Å². The lowest BCUT2D eigenvalue weighted by Gasteiger charge is -2.10. The number of hydrogen-bond donors (Lipinski definition) is 1. The second kappa shape index (κ2) is 8.24. The lowest BCUT2D eigenvalue weighted by molar-refractivity contribution is 0.533. The Hall–Kier alpha value is -4.73. The number of aryl methyl sites for hydroxylation is 1. The fourth-order valence-corrected chi connectivity index (χ4v) is 4.01. The quantitative estimate of drug-likeness (QED) is 0.361. The van der Waals surface area contributed by atoms with Gasteiger partial charge in [-0.15, -0.1) is 10.2 Å². The van der Waals surface area contributed by atoms with E-state index in [4.69, 9.17) is 4.42 Å². The Kier molecular flexibility index (Phi) is 4.91. The Morgan fingerprint density at radius 1 is 0.943 bits per heavy atom. The van der Waals surface area contributed by atoms with Crippen LogP contribution in [0.1, 0.15) is 11.5 Å².